The van der Waals surface area contributed by atoms with Gasteiger partial charge in [0.05, 0.1) is 39.6 Å². The van der Waals surface area contributed by atoms with Crippen molar-refractivity contribution in [2.75, 3.05) is 23.7 Å². The molecule has 0 bridgehead atoms. The molecule has 0 saturated carbocycles. The Kier molecular flexibility index (Phi) is 5.35. The quantitative estimate of drug-likeness (QED) is 0.423. The zero-order valence-electron chi connectivity index (χ0n) is 17.7. The maximum atomic E-state index is 15.5. The largest absolute Gasteiger partial charge is 0.477 e. The number of nitrogens with zero attached hydrogens (tertiary/aromatic N) is 2. The summed E-state index contributed by atoms with van der Waals surface area (Å²) in [6.45, 7) is 3.13. The minimum Gasteiger partial charge on any atom is -0.477 e. The molecule has 1 aliphatic rings. The number of aliphatic hydroxyl groups is 1. The maximum Gasteiger partial charge on any atom is 0.341 e. The van der Waals surface area contributed by atoms with Gasteiger partial charge in [-0.05, 0) is 26.0 Å². The van der Waals surface area contributed by atoms with Crippen LogP contribution < -0.4 is 21.8 Å². The van der Waals surface area contributed by atoms with Crippen molar-refractivity contribution in [3.63, 3.8) is 0 Å². The molecule has 2 aromatic carbocycles. The van der Waals surface area contributed by atoms with Crippen molar-refractivity contribution in [3.05, 3.63) is 61.9 Å². The molecule has 174 valence electrons. The highest BCUT2D eigenvalue weighted by molar-refractivity contribution is 6.38. The number of aromatic carboxylic acids is 1. The monoisotopic (exact) mass is 478 g/mol. The number of carboxylic acids is 1. The Morgan fingerprint density at radius 2 is 1.94 bits per heavy atom. The third-order valence-corrected chi connectivity index (χ3v) is 6.17. The van der Waals surface area contributed by atoms with Crippen LogP contribution in [-0.2, 0) is 6.61 Å². The molecule has 0 aliphatic carbocycles. The van der Waals surface area contributed by atoms with Crippen molar-refractivity contribution in [1.82, 2.24) is 4.57 Å². The lowest BCUT2D eigenvalue weighted by molar-refractivity contribution is 0.0695. The summed E-state index contributed by atoms with van der Waals surface area (Å²) >= 11 is 6.65. The van der Waals surface area contributed by atoms with Crippen molar-refractivity contribution < 1.29 is 23.8 Å². The zero-order chi connectivity index (χ0) is 24.4. The number of carbonyl (C=O) groups is 1. The fourth-order valence-electron chi connectivity index (χ4n) is 4.25. The molecule has 0 radical (unpaired) electrons. The number of aromatic nitrogens is 1. The van der Waals surface area contributed by atoms with Gasteiger partial charge in [-0.15, -0.1) is 0 Å². The van der Waals surface area contributed by atoms with Crippen LogP contribution in [0.25, 0.3) is 16.6 Å². The van der Waals surface area contributed by atoms with Gasteiger partial charge >= 0.3 is 5.97 Å². The molecule has 4 rings (SSSR count). The van der Waals surface area contributed by atoms with Gasteiger partial charge in [0.15, 0.2) is 5.82 Å². The Labute approximate surface area is 191 Å². The van der Waals surface area contributed by atoms with Crippen molar-refractivity contribution in [1.29, 1.82) is 0 Å². The molecule has 0 amide bonds. The van der Waals surface area contributed by atoms with Gasteiger partial charge in [0.25, 0.3) is 0 Å². The van der Waals surface area contributed by atoms with E-state index in [9.17, 15) is 24.2 Å². The fourth-order valence-corrected chi connectivity index (χ4v) is 4.64. The maximum absolute atomic E-state index is 15.5. The van der Waals surface area contributed by atoms with E-state index in [1.807, 2.05) is 0 Å². The summed E-state index contributed by atoms with van der Waals surface area (Å²) in [6.07, 6.45) is 1.01. The van der Waals surface area contributed by atoms with Gasteiger partial charge in [0.2, 0.25) is 5.43 Å². The lowest BCUT2D eigenvalue weighted by atomic mass is 9.92. The third kappa shape index (κ3) is 3.50. The molecule has 3 aromatic rings. The van der Waals surface area contributed by atoms with E-state index < -0.39 is 40.7 Å². The van der Waals surface area contributed by atoms with Gasteiger partial charge in [-0.3, -0.25) is 4.79 Å². The molecule has 1 fully saturated rings. The molecule has 6 N–H and O–H groups in total. The molecule has 8 nitrogen and oxygen atoms in total. The Bertz CT molecular complexity index is 1400. The number of hydrogen-bond acceptors (Lipinski definition) is 6. The Hall–Kier alpha value is -3.21. The van der Waals surface area contributed by atoms with Gasteiger partial charge in [-0.25, -0.2) is 13.6 Å². The molecule has 2 heterocycles. The number of fused-ring (bicyclic) bond motifs is 1. The second kappa shape index (κ2) is 7.68. The molecule has 0 atom stereocenters. The van der Waals surface area contributed by atoms with Crippen LogP contribution in [0.15, 0.2) is 23.1 Å². The van der Waals surface area contributed by atoms with Crippen molar-refractivity contribution in [3.8, 4) is 5.69 Å². The number of anilines is 2. The summed E-state index contributed by atoms with van der Waals surface area (Å²) in [6, 6.07) is 2.18. The van der Waals surface area contributed by atoms with Crippen LogP contribution in [0.1, 0.15) is 28.4 Å². The predicted octanol–water partition coefficient (Wildman–Crippen LogP) is 2.54. The second-order valence-electron chi connectivity index (χ2n) is 8.54. The Morgan fingerprint density at radius 1 is 1.30 bits per heavy atom. The Morgan fingerprint density at radius 3 is 2.48 bits per heavy atom. The van der Waals surface area contributed by atoms with Crippen LogP contribution in [0.5, 0.6) is 0 Å². The minimum absolute atomic E-state index is 0.00639. The van der Waals surface area contributed by atoms with Crippen molar-refractivity contribution >= 4 is 39.8 Å². The van der Waals surface area contributed by atoms with Crippen LogP contribution in [0.3, 0.4) is 0 Å². The molecule has 0 spiro atoms. The number of halogens is 3. The van der Waals surface area contributed by atoms with E-state index in [2.05, 4.69) is 0 Å². The average molecular weight is 479 g/mol. The van der Waals surface area contributed by atoms with E-state index in [0.29, 0.717) is 13.1 Å². The van der Waals surface area contributed by atoms with Gasteiger partial charge < -0.3 is 31.1 Å². The van der Waals surface area contributed by atoms with Gasteiger partial charge in [0.1, 0.15) is 11.4 Å². The molecular weight excluding hydrogens is 458 g/mol. The number of aryl methyl sites for hydroxylation is 1. The van der Waals surface area contributed by atoms with Crippen LogP contribution in [0.4, 0.5) is 20.2 Å². The summed E-state index contributed by atoms with van der Waals surface area (Å²) in [5.74, 6) is -3.10. The zero-order valence-corrected chi connectivity index (χ0v) is 18.5. The molecule has 1 aliphatic heterocycles. The predicted molar refractivity (Wildman–Crippen MR) is 121 cm³/mol. The average Bonchev–Trinajstić information content (AvgIpc) is 2.72. The highest BCUT2D eigenvalue weighted by Crippen LogP contribution is 2.42. The normalized spacial score (nSPS) is 15.1. The molecule has 1 saturated heterocycles. The summed E-state index contributed by atoms with van der Waals surface area (Å²) in [5.41, 5.74) is 9.45. The number of nitrogens with two attached hydrogens (primary N) is 2. The van der Waals surface area contributed by atoms with Crippen molar-refractivity contribution in [2.45, 2.75) is 26.0 Å². The summed E-state index contributed by atoms with van der Waals surface area (Å²) in [5, 5.41) is 19.0. The van der Waals surface area contributed by atoms with Crippen molar-refractivity contribution in [2.24, 2.45) is 5.73 Å². The van der Waals surface area contributed by atoms with E-state index in [1.54, 1.807) is 11.8 Å². The number of rotatable bonds is 4. The first-order chi connectivity index (χ1) is 15.4. The van der Waals surface area contributed by atoms with E-state index in [4.69, 9.17) is 23.1 Å². The lowest BCUT2D eigenvalue weighted by Crippen LogP contribution is -2.66. The fraction of sp³-hybridized carbons (Fsp3) is 0.273. The lowest BCUT2D eigenvalue weighted by Gasteiger charge is -2.47. The molecule has 11 heteroatoms. The molecule has 33 heavy (non-hydrogen) atoms. The number of aliphatic hydroxyl groups excluding tert-OH is 1. The van der Waals surface area contributed by atoms with Crippen LogP contribution in [0, 0.1) is 18.6 Å². The van der Waals surface area contributed by atoms with Gasteiger partial charge in [-0.1, -0.05) is 11.6 Å². The molecule has 0 unspecified atom stereocenters. The number of hydrogen-bond donors (Lipinski definition) is 4. The standard InChI is InChI=1S/C22H21ClF2N4O4/c1-9-15-18(16(23)19(17(9)25)28-7-22(2,27)8-28)29(5-11(20(15)31)21(32)33)14-4-13(26)12(24)3-10(14)6-30/h3-5,30H,6-8,26-27H2,1-2H3,(H,32,33). The SMILES string of the molecule is Cc1c(F)c(N2CC(C)(N)C2)c(Cl)c2c1c(=O)c(C(=O)O)cn2-c1cc(N)c(F)cc1CO. The van der Waals surface area contributed by atoms with E-state index >= 15 is 4.39 Å². The topological polar surface area (TPSA) is 135 Å². The summed E-state index contributed by atoms with van der Waals surface area (Å²) in [4.78, 5) is 26.5. The number of pyridine rings is 1. The smallest absolute Gasteiger partial charge is 0.341 e. The van der Waals surface area contributed by atoms with Crippen LogP contribution in [0.2, 0.25) is 5.02 Å². The van der Waals surface area contributed by atoms with E-state index in [1.165, 1.54) is 17.6 Å². The summed E-state index contributed by atoms with van der Waals surface area (Å²) in [7, 11) is 0. The van der Waals surface area contributed by atoms with Gasteiger partial charge in [0, 0.05) is 36.0 Å². The first-order valence-electron chi connectivity index (χ1n) is 9.91. The van der Waals surface area contributed by atoms with E-state index in [0.717, 1.165) is 12.3 Å². The van der Waals surface area contributed by atoms with Crippen LogP contribution >= 0.6 is 11.6 Å². The number of carboxylic acid groups (broad SMARTS) is 1. The number of nitrogen functional groups attached to an aromatic ring is 1. The molecular formula is C22H21ClF2N4O4. The minimum atomic E-state index is -1.54. The third-order valence-electron chi connectivity index (χ3n) is 5.81. The highest BCUT2D eigenvalue weighted by Gasteiger charge is 2.39. The highest BCUT2D eigenvalue weighted by atomic mass is 35.5. The van der Waals surface area contributed by atoms with Gasteiger partial charge in [-0.2, -0.15) is 0 Å². The summed E-state index contributed by atoms with van der Waals surface area (Å²) < 4.78 is 30.7. The van der Waals surface area contributed by atoms with E-state index in [-0.39, 0.29) is 44.1 Å². The Balaban J connectivity index is 2.18. The number of benzene rings is 2. The first-order valence-corrected chi connectivity index (χ1v) is 10.3. The van der Waals surface area contributed by atoms with Crippen LogP contribution in [-0.4, -0.2) is 39.4 Å². The second-order valence-corrected chi connectivity index (χ2v) is 8.92. The molecule has 1 aromatic heterocycles. The first kappa shape index (κ1) is 23.0.